The summed E-state index contributed by atoms with van der Waals surface area (Å²) in [4.78, 5) is 12.0. The molecule has 0 atom stereocenters. The predicted octanol–water partition coefficient (Wildman–Crippen LogP) is 1.72. The second-order valence-corrected chi connectivity index (χ2v) is 6.77. The van der Waals surface area contributed by atoms with Crippen LogP contribution < -0.4 is 10.0 Å². The average Bonchev–Trinajstić information content (AvgIpc) is 2.82. The Bertz CT molecular complexity index is 846. The normalized spacial score (nSPS) is 13.6. The van der Waals surface area contributed by atoms with Crippen molar-refractivity contribution in [2.75, 3.05) is 25.6 Å². The maximum absolute atomic E-state index is 12.5. The molecule has 1 heterocycles. The van der Waals surface area contributed by atoms with E-state index in [4.69, 9.17) is 4.74 Å². The SMILES string of the molecule is COCCCNS(=O)(=O)c1ccc2c3c(cccc13)C(=O)N2. The molecule has 3 rings (SSSR count). The summed E-state index contributed by atoms with van der Waals surface area (Å²) in [7, 11) is -2.06. The lowest BCUT2D eigenvalue weighted by atomic mass is 10.1. The number of methoxy groups -OCH3 is 1. The monoisotopic (exact) mass is 320 g/mol. The van der Waals surface area contributed by atoms with E-state index in [0.717, 1.165) is 0 Å². The smallest absolute Gasteiger partial charge is 0.256 e. The Hall–Kier alpha value is -1.96. The van der Waals surface area contributed by atoms with Gasteiger partial charge in [0.05, 0.1) is 4.90 Å². The highest BCUT2D eigenvalue weighted by molar-refractivity contribution is 7.89. The summed E-state index contributed by atoms with van der Waals surface area (Å²) in [6.45, 7) is 0.793. The van der Waals surface area contributed by atoms with Crippen molar-refractivity contribution in [1.29, 1.82) is 0 Å². The molecule has 2 aromatic carbocycles. The molecule has 7 heteroatoms. The molecule has 2 N–H and O–H groups in total. The van der Waals surface area contributed by atoms with Gasteiger partial charge in [0.25, 0.3) is 5.91 Å². The molecule has 116 valence electrons. The summed E-state index contributed by atoms with van der Waals surface area (Å²) in [5.74, 6) is -0.205. The highest BCUT2D eigenvalue weighted by atomic mass is 32.2. The molecule has 0 fully saturated rings. The van der Waals surface area contributed by atoms with Gasteiger partial charge in [0, 0.05) is 42.3 Å². The molecule has 0 radical (unpaired) electrons. The first-order chi connectivity index (χ1) is 10.5. The molecular formula is C15H16N2O4S. The molecule has 0 aromatic heterocycles. The molecule has 1 aliphatic heterocycles. The number of benzene rings is 2. The molecule has 0 spiro atoms. The van der Waals surface area contributed by atoms with Crippen molar-refractivity contribution in [3.63, 3.8) is 0 Å². The van der Waals surface area contributed by atoms with Crippen LogP contribution in [0, 0.1) is 0 Å². The van der Waals surface area contributed by atoms with Gasteiger partial charge < -0.3 is 10.1 Å². The minimum absolute atomic E-state index is 0.182. The Morgan fingerprint density at radius 2 is 2.05 bits per heavy atom. The van der Waals surface area contributed by atoms with Crippen LogP contribution in [-0.2, 0) is 14.8 Å². The van der Waals surface area contributed by atoms with Crippen LogP contribution in [0.1, 0.15) is 16.8 Å². The van der Waals surface area contributed by atoms with E-state index in [2.05, 4.69) is 10.0 Å². The van der Waals surface area contributed by atoms with Crippen LogP contribution >= 0.6 is 0 Å². The van der Waals surface area contributed by atoms with Crippen molar-refractivity contribution < 1.29 is 17.9 Å². The zero-order valence-corrected chi connectivity index (χ0v) is 12.9. The molecule has 0 unspecified atom stereocenters. The Morgan fingerprint density at radius 3 is 2.82 bits per heavy atom. The number of carbonyl (C=O) groups excluding carboxylic acids is 1. The molecule has 2 aromatic rings. The Kier molecular flexibility index (Phi) is 3.86. The van der Waals surface area contributed by atoms with Crippen molar-refractivity contribution in [3.05, 3.63) is 35.9 Å². The van der Waals surface area contributed by atoms with Crippen LogP contribution in [0.25, 0.3) is 10.8 Å². The first kappa shape index (κ1) is 15.0. The fourth-order valence-corrected chi connectivity index (χ4v) is 3.87. The van der Waals surface area contributed by atoms with E-state index in [0.29, 0.717) is 41.6 Å². The zero-order chi connectivity index (χ0) is 15.7. The minimum atomic E-state index is -3.64. The molecular weight excluding hydrogens is 304 g/mol. The first-order valence-electron chi connectivity index (χ1n) is 6.90. The third kappa shape index (κ3) is 2.47. The van der Waals surface area contributed by atoms with Gasteiger partial charge in [-0.25, -0.2) is 13.1 Å². The van der Waals surface area contributed by atoms with E-state index in [-0.39, 0.29) is 10.8 Å². The number of hydrogen-bond acceptors (Lipinski definition) is 4. The molecule has 1 amide bonds. The Balaban J connectivity index is 2.02. The lowest BCUT2D eigenvalue weighted by molar-refractivity contribution is 0.103. The van der Waals surface area contributed by atoms with Gasteiger partial charge in [0.1, 0.15) is 0 Å². The van der Waals surface area contributed by atoms with Gasteiger partial charge in [-0.2, -0.15) is 0 Å². The highest BCUT2D eigenvalue weighted by Gasteiger charge is 2.25. The van der Waals surface area contributed by atoms with E-state index in [1.54, 1.807) is 31.4 Å². The molecule has 0 bridgehead atoms. The first-order valence-corrected chi connectivity index (χ1v) is 8.38. The summed E-state index contributed by atoms with van der Waals surface area (Å²) in [6, 6.07) is 8.24. The van der Waals surface area contributed by atoms with Crippen molar-refractivity contribution in [3.8, 4) is 0 Å². The minimum Gasteiger partial charge on any atom is -0.385 e. The van der Waals surface area contributed by atoms with Crippen LogP contribution in [0.15, 0.2) is 35.2 Å². The van der Waals surface area contributed by atoms with Crippen molar-refractivity contribution in [2.45, 2.75) is 11.3 Å². The van der Waals surface area contributed by atoms with Gasteiger partial charge in [-0.3, -0.25) is 4.79 Å². The summed E-state index contributed by atoms with van der Waals surface area (Å²) in [5, 5.41) is 3.95. The second-order valence-electron chi connectivity index (χ2n) is 5.04. The van der Waals surface area contributed by atoms with Gasteiger partial charge in [0.2, 0.25) is 10.0 Å². The highest BCUT2D eigenvalue weighted by Crippen LogP contribution is 2.36. The lowest BCUT2D eigenvalue weighted by Gasteiger charge is -2.10. The van der Waals surface area contributed by atoms with Gasteiger partial charge in [-0.05, 0) is 24.6 Å². The van der Waals surface area contributed by atoms with Crippen molar-refractivity contribution in [1.82, 2.24) is 4.72 Å². The van der Waals surface area contributed by atoms with Gasteiger partial charge in [-0.15, -0.1) is 0 Å². The molecule has 0 saturated heterocycles. The summed E-state index contributed by atoms with van der Waals surface area (Å²) in [6.07, 6.45) is 0.594. The fourth-order valence-electron chi connectivity index (χ4n) is 2.60. The maximum Gasteiger partial charge on any atom is 0.256 e. The summed E-state index contributed by atoms with van der Waals surface area (Å²) >= 11 is 0. The molecule has 6 nitrogen and oxygen atoms in total. The molecule has 22 heavy (non-hydrogen) atoms. The molecule has 0 aliphatic carbocycles. The number of sulfonamides is 1. The van der Waals surface area contributed by atoms with Crippen LogP contribution in [0.4, 0.5) is 5.69 Å². The number of nitrogens with one attached hydrogen (secondary N) is 2. The third-order valence-corrected chi connectivity index (χ3v) is 5.12. The topological polar surface area (TPSA) is 84.5 Å². The maximum atomic E-state index is 12.5. The summed E-state index contributed by atoms with van der Waals surface area (Å²) < 4.78 is 32.4. The van der Waals surface area contributed by atoms with Gasteiger partial charge in [-0.1, -0.05) is 12.1 Å². The van der Waals surface area contributed by atoms with E-state index < -0.39 is 10.0 Å². The fraction of sp³-hybridized carbons (Fsp3) is 0.267. The van der Waals surface area contributed by atoms with E-state index in [9.17, 15) is 13.2 Å². The zero-order valence-electron chi connectivity index (χ0n) is 12.0. The Morgan fingerprint density at radius 1 is 1.23 bits per heavy atom. The van der Waals surface area contributed by atoms with E-state index in [1.165, 1.54) is 6.07 Å². The van der Waals surface area contributed by atoms with Crippen LogP contribution in [0.3, 0.4) is 0 Å². The second kappa shape index (κ2) is 5.68. The number of ether oxygens (including phenoxy) is 1. The van der Waals surface area contributed by atoms with Crippen LogP contribution in [0.2, 0.25) is 0 Å². The van der Waals surface area contributed by atoms with Crippen LogP contribution in [0.5, 0.6) is 0 Å². The quantitative estimate of drug-likeness (QED) is 0.794. The summed E-state index contributed by atoms with van der Waals surface area (Å²) in [5.41, 5.74) is 1.15. The number of hydrogen-bond donors (Lipinski definition) is 2. The lowest BCUT2D eigenvalue weighted by Crippen LogP contribution is -2.25. The molecule has 0 saturated carbocycles. The number of rotatable bonds is 6. The molecule has 1 aliphatic rings. The van der Waals surface area contributed by atoms with Crippen molar-refractivity contribution >= 4 is 32.4 Å². The van der Waals surface area contributed by atoms with E-state index >= 15 is 0 Å². The third-order valence-electron chi connectivity index (χ3n) is 3.60. The Labute approximate surface area is 128 Å². The number of anilines is 1. The number of amides is 1. The van der Waals surface area contributed by atoms with Crippen molar-refractivity contribution in [2.24, 2.45) is 0 Å². The standard InChI is InChI=1S/C15H16N2O4S/c1-21-9-3-8-16-22(19,20)13-7-6-12-14-10(13)4-2-5-11(14)15(18)17-12/h2,4-7,16H,3,8-9H2,1H3,(H,17,18). The predicted molar refractivity (Wildman–Crippen MR) is 83.6 cm³/mol. The van der Waals surface area contributed by atoms with Gasteiger partial charge in [0.15, 0.2) is 0 Å². The van der Waals surface area contributed by atoms with Crippen LogP contribution in [-0.4, -0.2) is 34.6 Å². The average molecular weight is 320 g/mol. The van der Waals surface area contributed by atoms with E-state index in [1.807, 2.05) is 0 Å². The number of carbonyl (C=O) groups is 1. The largest absolute Gasteiger partial charge is 0.385 e. The van der Waals surface area contributed by atoms with Gasteiger partial charge >= 0.3 is 0 Å².